The molecule has 0 aliphatic carbocycles. The van der Waals surface area contributed by atoms with Gasteiger partial charge in [0.1, 0.15) is 79.4 Å². The third-order valence-corrected chi connectivity index (χ3v) is 11.4. The minimum absolute atomic E-state index is 0.167. The average Bonchev–Trinajstić information content (AvgIpc) is 3.18. The van der Waals surface area contributed by atoms with Crippen LogP contribution >= 0.6 is 0 Å². The topological polar surface area (TPSA) is 313 Å². The molecule has 4 aliphatic rings. The first-order valence-electron chi connectivity index (χ1n) is 20.7. The third-order valence-electron chi connectivity index (χ3n) is 11.4. The Hall–Kier alpha value is -1.25. The molecule has 0 aromatic carbocycles. The molecule has 58 heavy (non-hydrogen) atoms. The molecule has 20 heteroatoms. The maximum Gasteiger partial charge on any atom is 0.303 e. The van der Waals surface area contributed by atoms with Crippen molar-refractivity contribution in [3.05, 3.63) is 0 Å². The highest BCUT2D eigenvalue weighted by molar-refractivity contribution is 5.66. The van der Waals surface area contributed by atoms with E-state index in [1.807, 2.05) is 6.92 Å². The number of hydrogen-bond acceptors (Lipinski definition) is 19. The Bertz CT molecular complexity index is 1200. The molecular weight excluding hydrogens is 776 g/mol. The first kappa shape index (κ1) is 49.4. The van der Waals surface area contributed by atoms with E-state index in [2.05, 4.69) is 0 Å². The molecule has 340 valence electrons. The molecule has 11 N–H and O–H groups in total. The van der Waals surface area contributed by atoms with Gasteiger partial charge in [0.25, 0.3) is 0 Å². The summed E-state index contributed by atoms with van der Waals surface area (Å²) in [5, 5.41) is 116. The number of carboxylic acid groups (broad SMARTS) is 1. The fraction of sp³-hybridized carbons (Fsp3) is 0.974. The zero-order valence-electron chi connectivity index (χ0n) is 33.7. The summed E-state index contributed by atoms with van der Waals surface area (Å²) >= 11 is 0. The Balaban J connectivity index is 1.48. The van der Waals surface area contributed by atoms with E-state index in [4.69, 9.17) is 43.0 Å². The first-order chi connectivity index (χ1) is 27.5. The van der Waals surface area contributed by atoms with Crippen LogP contribution in [0.25, 0.3) is 0 Å². The van der Waals surface area contributed by atoms with E-state index in [0.29, 0.717) is 19.3 Å². The van der Waals surface area contributed by atoms with Crippen molar-refractivity contribution in [3.8, 4) is 0 Å². The molecular formula is C38H68O20. The summed E-state index contributed by atoms with van der Waals surface area (Å²) in [5.41, 5.74) is 0. The summed E-state index contributed by atoms with van der Waals surface area (Å²) in [6, 6.07) is 0. The van der Waals surface area contributed by atoms with Crippen molar-refractivity contribution in [3.63, 3.8) is 0 Å². The Morgan fingerprint density at radius 1 is 0.517 bits per heavy atom. The van der Waals surface area contributed by atoms with Crippen LogP contribution < -0.4 is 0 Å². The third kappa shape index (κ3) is 12.7. The zero-order chi connectivity index (χ0) is 42.8. The van der Waals surface area contributed by atoms with Crippen molar-refractivity contribution < 1.29 is 98.9 Å². The van der Waals surface area contributed by atoms with Crippen LogP contribution in [-0.2, 0) is 42.7 Å². The second-order valence-electron chi connectivity index (χ2n) is 16.0. The quantitative estimate of drug-likeness (QED) is 0.0564. The number of hydrogen-bond donors (Lipinski definition) is 11. The predicted octanol–water partition coefficient (Wildman–Crippen LogP) is -1.88. The maximum absolute atomic E-state index is 11.4. The van der Waals surface area contributed by atoms with E-state index < -0.39 is 135 Å². The lowest BCUT2D eigenvalue weighted by Crippen LogP contribution is -2.67. The predicted molar refractivity (Wildman–Crippen MR) is 196 cm³/mol. The molecule has 0 amide bonds. The number of carboxylic acids is 1. The summed E-state index contributed by atoms with van der Waals surface area (Å²) in [4.78, 5) is 10.7. The molecule has 4 heterocycles. The van der Waals surface area contributed by atoms with E-state index in [9.17, 15) is 55.9 Å². The van der Waals surface area contributed by atoms with Gasteiger partial charge in [-0.25, -0.2) is 0 Å². The van der Waals surface area contributed by atoms with Crippen molar-refractivity contribution >= 4 is 5.97 Å². The van der Waals surface area contributed by atoms with Crippen LogP contribution in [0.15, 0.2) is 0 Å². The Morgan fingerprint density at radius 3 is 1.60 bits per heavy atom. The molecule has 21 unspecified atom stereocenters. The van der Waals surface area contributed by atoms with Gasteiger partial charge in [0.05, 0.1) is 31.0 Å². The molecule has 20 nitrogen and oxygen atoms in total. The molecule has 4 rings (SSSR count). The van der Waals surface area contributed by atoms with Crippen molar-refractivity contribution in [2.24, 2.45) is 0 Å². The molecule has 0 aromatic rings. The fourth-order valence-electron chi connectivity index (χ4n) is 7.75. The van der Waals surface area contributed by atoms with Gasteiger partial charge < -0.3 is 94.1 Å². The molecule has 4 aliphatic heterocycles. The van der Waals surface area contributed by atoms with Crippen LogP contribution in [-0.4, -0.2) is 198 Å². The van der Waals surface area contributed by atoms with Gasteiger partial charge in [-0.15, -0.1) is 0 Å². The lowest BCUT2D eigenvalue weighted by molar-refractivity contribution is -0.399. The van der Waals surface area contributed by atoms with Crippen LogP contribution in [0.3, 0.4) is 0 Å². The fourth-order valence-corrected chi connectivity index (χ4v) is 7.75. The van der Waals surface area contributed by atoms with E-state index in [-0.39, 0.29) is 12.5 Å². The molecule has 0 bridgehead atoms. The number of carbonyl (C=O) groups is 1. The highest BCUT2D eigenvalue weighted by Gasteiger charge is 2.55. The van der Waals surface area contributed by atoms with Gasteiger partial charge in [0.2, 0.25) is 0 Å². The van der Waals surface area contributed by atoms with Gasteiger partial charge in [-0.2, -0.15) is 0 Å². The van der Waals surface area contributed by atoms with E-state index >= 15 is 0 Å². The number of aliphatic carboxylic acids is 1. The molecule has 0 saturated carbocycles. The van der Waals surface area contributed by atoms with Crippen LogP contribution in [0.5, 0.6) is 0 Å². The van der Waals surface area contributed by atoms with Crippen molar-refractivity contribution in [1.29, 1.82) is 0 Å². The Kier molecular flexibility index (Phi) is 19.8. The van der Waals surface area contributed by atoms with Crippen molar-refractivity contribution in [2.45, 2.75) is 227 Å². The van der Waals surface area contributed by atoms with Crippen LogP contribution in [0.4, 0.5) is 0 Å². The Morgan fingerprint density at radius 2 is 1.00 bits per heavy atom. The Labute approximate surface area is 338 Å². The molecule has 0 radical (unpaired) electrons. The SMILES string of the molecule is CCCC(CCCCCCCCCC(=O)O)OC1OC(C)C(O)C(O)C1OC1OC(CO)C(O)C(O)C1OC1OC(C)C(O)C(OC2OC(C)C(O)C(O)C2O)C1O. The normalized spacial score (nSPS) is 44.2. The lowest BCUT2D eigenvalue weighted by atomic mass is 9.96. The molecule has 0 aromatic heterocycles. The number of aliphatic hydroxyl groups excluding tert-OH is 10. The van der Waals surface area contributed by atoms with Gasteiger partial charge in [-0.1, -0.05) is 51.9 Å². The minimum Gasteiger partial charge on any atom is -0.481 e. The summed E-state index contributed by atoms with van der Waals surface area (Å²) in [5.74, 6) is -0.794. The van der Waals surface area contributed by atoms with Gasteiger partial charge in [-0.05, 0) is 40.0 Å². The largest absolute Gasteiger partial charge is 0.481 e. The van der Waals surface area contributed by atoms with E-state index in [1.165, 1.54) is 13.8 Å². The van der Waals surface area contributed by atoms with Gasteiger partial charge in [0.15, 0.2) is 25.2 Å². The average molecular weight is 845 g/mol. The second kappa shape index (κ2) is 23.3. The van der Waals surface area contributed by atoms with Crippen LogP contribution in [0.1, 0.15) is 98.3 Å². The van der Waals surface area contributed by atoms with E-state index in [0.717, 1.165) is 44.9 Å². The minimum atomic E-state index is -1.88. The van der Waals surface area contributed by atoms with Crippen LogP contribution in [0, 0.1) is 0 Å². The smallest absolute Gasteiger partial charge is 0.303 e. The van der Waals surface area contributed by atoms with E-state index in [1.54, 1.807) is 6.92 Å². The van der Waals surface area contributed by atoms with Gasteiger partial charge >= 0.3 is 5.97 Å². The molecule has 4 fully saturated rings. The van der Waals surface area contributed by atoms with Gasteiger partial charge in [0, 0.05) is 6.42 Å². The summed E-state index contributed by atoms with van der Waals surface area (Å²) < 4.78 is 47.4. The zero-order valence-corrected chi connectivity index (χ0v) is 33.7. The lowest BCUT2D eigenvalue weighted by Gasteiger charge is -2.49. The summed E-state index contributed by atoms with van der Waals surface area (Å²) in [7, 11) is 0. The monoisotopic (exact) mass is 844 g/mol. The number of rotatable bonds is 21. The van der Waals surface area contributed by atoms with Crippen molar-refractivity contribution in [2.75, 3.05) is 6.61 Å². The highest BCUT2D eigenvalue weighted by atomic mass is 16.8. The summed E-state index contributed by atoms with van der Waals surface area (Å²) in [6.07, 6.45) is -22.6. The number of unbranched alkanes of at least 4 members (excludes halogenated alkanes) is 6. The molecule has 0 spiro atoms. The summed E-state index contributed by atoms with van der Waals surface area (Å²) in [6.45, 7) is 5.59. The van der Waals surface area contributed by atoms with Crippen molar-refractivity contribution in [1.82, 2.24) is 0 Å². The van der Waals surface area contributed by atoms with Crippen LogP contribution in [0.2, 0.25) is 0 Å². The first-order valence-corrected chi connectivity index (χ1v) is 20.7. The molecule has 21 atom stereocenters. The molecule has 4 saturated heterocycles. The second-order valence-corrected chi connectivity index (χ2v) is 16.0. The highest BCUT2D eigenvalue weighted by Crippen LogP contribution is 2.35. The van der Waals surface area contributed by atoms with Gasteiger partial charge in [-0.3, -0.25) is 4.79 Å². The maximum atomic E-state index is 11.4. The standard InChI is InChI=1S/C38H68O20/c1-5-13-20(14-11-9-7-6-8-10-12-15-22(40)41)54-37-33(28(47)24(43)18(3)53-37)58-38-34(29(48)26(45)21(16-39)55-38)57-36-31(50)32(25(44)19(4)52-36)56-35-30(49)27(46)23(42)17(2)51-35/h17-21,23-39,42-50H,5-16H2,1-4H3,(H,40,41). The number of aliphatic hydroxyl groups is 10. The number of ether oxygens (including phenoxy) is 8.